The molecule has 0 unspecified atom stereocenters. The number of allylic oxidation sites excluding steroid dienone is 16. The quantitative estimate of drug-likeness (QED) is 0.0261. The molecule has 0 aromatic rings. The maximum atomic E-state index is 12.9. The Morgan fingerprint density at radius 2 is 0.493 bits per heavy atom. The Bertz CT molecular complexity index is 1440. The second kappa shape index (κ2) is 60.9. The molecule has 0 rings (SSSR count). The zero-order valence-electron chi connectivity index (χ0n) is 47.9. The Morgan fingerprint density at radius 3 is 0.849 bits per heavy atom. The Hall–Kier alpha value is -3.67. The lowest BCUT2D eigenvalue weighted by Crippen LogP contribution is -2.30. The fourth-order valence-electron chi connectivity index (χ4n) is 8.37. The largest absolute Gasteiger partial charge is 0.462 e. The van der Waals surface area contributed by atoms with E-state index < -0.39 is 6.10 Å². The lowest BCUT2D eigenvalue weighted by molar-refractivity contribution is -0.167. The number of ether oxygens (including phenoxy) is 3. The van der Waals surface area contributed by atoms with E-state index in [4.69, 9.17) is 14.2 Å². The molecule has 0 aromatic carbocycles. The highest BCUT2D eigenvalue weighted by Gasteiger charge is 2.19. The standard InChI is InChI=1S/C67H114O6/c1-4-7-10-13-16-19-22-25-28-30-32-33-35-36-39-42-45-48-51-54-57-60-66(69)72-63-64(62-71-65(68)59-56-53-50-47-44-41-38-27-24-21-18-15-12-9-6-3)73-67(70)61-58-55-52-49-46-43-40-37-34-31-29-26-23-20-17-14-11-8-5-2/h17-18,20-21,25-29,34,37-38,43-44,46-47,64H,4-16,19,22-24,30-33,35-36,39-42,45,48-63H2,1-3H3/b20-17-,21-18-,28-25-,29-26-,37-34-,38-27-,46-43-,47-44-/t64-/m1/s1. The predicted octanol–water partition coefficient (Wildman–Crippen LogP) is 20.9. The second-order valence-electron chi connectivity index (χ2n) is 20.2. The van der Waals surface area contributed by atoms with Crippen LogP contribution in [0.1, 0.15) is 290 Å². The van der Waals surface area contributed by atoms with Gasteiger partial charge in [0.25, 0.3) is 0 Å². The first-order valence-electron chi connectivity index (χ1n) is 30.7. The molecule has 0 N–H and O–H groups in total. The molecule has 73 heavy (non-hydrogen) atoms. The Morgan fingerprint density at radius 1 is 0.274 bits per heavy atom. The minimum absolute atomic E-state index is 0.103. The van der Waals surface area contributed by atoms with E-state index >= 15 is 0 Å². The van der Waals surface area contributed by atoms with Crippen molar-refractivity contribution >= 4 is 17.9 Å². The van der Waals surface area contributed by atoms with Gasteiger partial charge in [0.2, 0.25) is 0 Å². The highest BCUT2D eigenvalue weighted by atomic mass is 16.6. The molecule has 6 nitrogen and oxygen atoms in total. The normalized spacial score (nSPS) is 12.8. The Kier molecular flexibility index (Phi) is 57.8. The average molecular weight is 1020 g/mol. The number of carbonyl (C=O) groups excluding carboxylic acids is 3. The van der Waals surface area contributed by atoms with Crippen molar-refractivity contribution in [1.29, 1.82) is 0 Å². The summed E-state index contributed by atoms with van der Waals surface area (Å²) in [6.07, 6.45) is 81.2. The SMILES string of the molecule is CCCCC/C=C\C/C=C\C/C=C\C/C=C\CCCCCC(=O)O[C@H](COC(=O)CCCC/C=C\C/C=C\C/C=C\CCCCC)COC(=O)CCCCCCCCCCCCC/C=C\CCCCCCCC. The Balaban J connectivity index is 4.46. The van der Waals surface area contributed by atoms with E-state index in [-0.39, 0.29) is 37.5 Å². The van der Waals surface area contributed by atoms with Crippen LogP contribution in [0.3, 0.4) is 0 Å². The van der Waals surface area contributed by atoms with Crippen molar-refractivity contribution in [3.05, 3.63) is 97.2 Å². The molecule has 1 atom stereocenters. The van der Waals surface area contributed by atoms with Crippen LogP contribution in [0.4, 0.5) is 0 Å². The number of unbranched alkanes of at least 4 members (excludes halogenated alkanes) is 28. The molecule has 0 aromatic heterocycles. The lowest BCUT2D eigenvalue weighted by atomic mass is 10.0. The fraction of sp³-hybridized carbons (Fsp3) is 0.716. The Labute approximate surface area is 451 Å². The topological polar surface area (TPSA) is 78.9 Å². The summed E-state index contributed by atoms with van der Waals surface area (Å²) in [6, 6.07) is 0. The molecule has 6 heteroatoms. The van der Waals surface area contributed by atoms with Crippen LogP contribution >= 0.6 is 0 Å². The van der Waals surface area contributed by atoms with E-state index in [0.717, 1.165) is 96.3 Å². The first-order valence-corrected chi connectivity index (χ1v) is 30.7. The van der Waals surface area contributed by atoms with Gasteiger partial charge in [-0.2, -0.15) is 0 Å². The smallest absolute Gasteiger partial charge is 0.306 e. The molecule has 0 radical (unpaired) electrons. The zero-order valence-corrected chi connectivity index (χ0v) is 47.9. The minimum atomic E-state index is -0.812. The molecule has 418 valence electrons. The molecule has 0 bridgehead atoms. The van der Waals surface area contributed by atoms with Gasteiger partial charge in [0.05, 0.1) is 0 Å². The molecule has 0 fully saturated rings. The molecule has 0 aliphatic heterocycles. The monoisotopic (exact) mass is 1010 g/mol. The van der Waals surface area contributed by atoms with Crippen molar-refractivity contribution in [2.45, 2.75) is 297 Å². The van der Waals surface area contributed by atoms with E-state index in [2.05, 4.69) is 118 Å². The van der Waals surface area contributed by atoms with Crippen LogP contribution in [0.15, 0.2) is 97.2 Å². The van der Waals surface area contributed by atoms with Crippen molar-refractivity contribution in [2.75, 3.05) is 13.2 Å². The summed E-state index contributed by atoms with van der Waals surface area (Å²) < 4.78 is 16.8. The molecular formula is C67H114O6. The van der Waals surface area contributed by atoms with Gasteiger partial charge < -0.3 is 14.2 Å². The highest BCUT2D eigenvalue weighted by Crippen LogP contribution is 2.15. The summed E-state index contributed by atoms with van der Waals surface area (Å²) in [6.45, 7) is 6.54. The van der Waals surface area contributed by atoms with Crippen LogP contribution in [0.5, 0.6) is 0 Å². The van der Waals surface area contributed by atoms with Crippen LogP contribution in [-0.2, 0) is 28.6 Å². The molecule has 0 aliphatic rings. The molecular weight excluding hydrogens is 901 g/mol. The molecule has 0 spiro atoms. The maximum absolute atomic E-state index is 12.9. The van der Waals surface area contributed by atoms with Gasteiger partial charge in [-0.3, -0.25) is 14.4 Å². The van der Waals surface area contributed by atoms with E-state index in [0.29, 0.717) is 12.8 Å². The van der Waals surface area contributed by atoms with Crippen molar-refractivity contribution < 1.29 is 28.6 Å². The average Bonchev–Trinajstić information content (AvgIpc) is 3.39. The number of esters is 3. The molecule has 0 aliphatic carbocycles. The van der Waals surface area contributed by atoms with Gasteiger partial charge in [0.15, 0.2) is 6.10 Å². The molecule has 0 saturated carbocycles. The van der Waals surface area contributed by atoms with Crippen LogP contribution in [0.2, 0.25) is 0 Å². The van der Waals surface area contributed by atoms with E-state index in [1.807, 2.05) is 0 Å². The summed E-state index contributed by atoms with van der Waals surface area (Å²) in [5.41, 5.74) is 0. The van der Waals surface area contributed by atoms with Crippen molar-refractivity contribution in [3.63, 3.8) is 0 Å². The lowest BCUT2D eigenvalue weighted by Gasteiger charge is -2.18. The minimum Gasteiger partial charge on any atom is -0.462 e. The van der Waals surface area contributed by atoms with Gasteiger partial charge in [-0.1, -0.05) is 240 Å². The zero-order chi connectivity index (χ0) is 52.9. The van der Waals surface area contributed by atoms with Gasteiger partial charge in [0.1, 0.15) is 13.2 Å². The van der Waals surface area contributed by atoms with Gasteiger partial charge >= 0.3 is 17.9 Å². The summed E-state index contributed by atoms with van der Waals surface area (Å²) in [5.74, 6) is -0.969. The summed E-state index contributed by atoms with van der Waals surface area (Å²) in [5, 5.41) is 0. The summed E-state index contributed by atoms with van der Waals surface area (Å²) >= 11 is 0. The number of carbonyl (C=O) groups is 3. The number of hydrogen-bond donors (Lipinski definition) is 0. The third-order valence-electron chi connectivity index (χ3n) is 13.0. The van der Waals surface area contributed by atoms with Crippen LogP contribution in [-0.4, -0.2) is 37.2 Å². The molecule has 0 heterocycles. The van der Waals surface area contributed by atoms with Gasteiger partial charge in [0, 0.05) is 19.3 Å². The van der Waals surface area contributed by atoms with Gasteiger partial charge in [-0.15, -0.1) is 0 Å². The number of rotatable bonds is 55. The number of hydrogen-bond acceptors (Lipinski definition) is 6. The van der Waals surface area contributed by atoms with E-state index in [1.165, 1.54) is 154 Å². The van der Waals surface area contributed by atoms with Crippen LogP contribution in [0.25, 0.3) is 0 Å². The van der Waals surface area contributed by atoms with Crippen molar-refractivity contribution in [3.8, 4) is 0 Å². The summed E-state index contributed by atoms with van der Waals surface area (Å²) in [4.78, 5) is 38.2. The van der Waals surface area contributed by atoms with Crippen LogP contribution < -0.4 is 0 Å². The predicted molar refractivity (Wildman–Crippen MR) is 316 cm³/mol. The van der Waals surface area contributed by atoms with E-state index in [1.54, 1.807) is 0 Å². The van der Waals surface area contributed by atoms with Gasteiger partial charge in [-0.25, -0.2) is 0 Å². The third kappa shape index (κ3) is 59.1. The first-order chi connectivity index (χ1) is 36.0. The van der Waals surface area contributed by atoms with Gasteiger partial charge in [-0.05, 0) is 128 Å². The molecule has 0 saturated heterocycles. The highest BCUT2D eigenvalue weighted by molar-refractivity contribution is 5.71. The third-order valence-corrected chi connectivity index (χ3v) is 13.0. The first kappa shape index (κ1) is 69.3. The maximum Gasteiger partial charge on any atom is 0.306 e. The van der Waals surface area contributed by atoms with E-state index in [9.17, 15) is 14.4 Å². The second-order valence-corrected chi connectivity index (χ2v) is 20.2. The van der Waals surface area contributed by atoms with Crippen molar-refractivity contribution in [1.82, 2.24) is 0 Å². The fourth-order valence-corrected chi connectivity index (χ4v) is 8.37. The van der Waals surface area contributed by atoms with Crippen molar-refractivity contribution in [2.24, 2.45) is 0 Å². The summed E-state index contributed by atoms with van der Waals surface area (Å²) in [7, 11) is 0. The van der Waals surface area contributed by atoms with Crippen LogP contribution in [0, 0.1) is 0 Å². The molecule has 0 amide bonds.